The van der Waals surface area contributed by atoms with Gasteiger partial charge in [-0.05, 0) is 66.2 Å². The van der Waals surface area contributed by atoms with Gasteiger partial charge in [0.15, 0.2) is 0 Å². The molecule has 0 spiro atoms. The number of nitrogens with one attached hydrogen (secondary N) is 2. The Morgan fingerprint density at radius 1 is 0.905 bits per heavy atom. The normalized spacial score (nSPS) is 13.9. The van der Waals surface area contributed by atoms with Crippen LogP contribution in [0.4, 0.5) is 0 Å². The van der Waals surface area contributed by atoms with E-state index in [1.165, 1.54) is 7.11 Å². The first-order valence-corrected chi connectivity index (χ1v) is 17.6. The van der Waals surface area contributed by atoms with E-state index in [-0.39, 0.29) is 11.4 Å². The van der Waals surface area contributed by atoms with Gasteiger partial charge in [0.1, 0.15) is 8.07 Å². The molecule has 5 heterocycles. The van der Waals surface area contributed by atoms with Gasteiger partial charge in [-0.3, -0.25) is 4.98 Å². The SMILES string of the molecule is COC(=O)c1ccc(-c2c3nc(cc4ccc(cc5nc(cc6[nH]c2cc6C#C[Si](C)(C)C)CC5(C)C)[nH]4)C=C3)cc1. The van der Waals surface area contributed by atoms with Gasteiger partial charge in [0.2, 0.25) is 0 Å². The van der Waals surface area contributed by atoms with Crippen molar-refractivity contribution in [2.45, 2.75) is 45.3 Å². The van der Waals surface area contributed by atoms with E-state index in [0.29, 0.717) is 5.56 Å². The van der Waals surface area contributed by atoms with Crippen molar-refractivity contribution in [3.63, 3.8) is 0 Å². The fourth-order valence-electron chi connectivity index (χ4n) is 5.28. The molecule has 2 N–H and O–H groups in total. The number of aromatic nitrogens is 4. The quantitative estimate of drug-likeness (QED) is 0.129. The highest BCUT2D eigenvalue weighted by Gasteiger charge is 2.28. The molecule has 0 radical (unpaired) electrons. The van der Waals surface area contributed by atoms with Crippen LogP contribution in [0.5, 0.6) is 0 Å². The Morgan fingerprint density at radius 2 is 1.64 bits per heavy atom. The van der Waals surface area contributed by atoms with Crippen LogP contribution in [0.2, 0.25) is 19.6 Å². The summed E-state index contributed by atoms with van der Waals surface area (Å²) >= 11 is 0. The van der Waals surface area contributed by atoms with Crippen LogP contribution in [0.15, 0.2) is 60.7 Å². The Balaban J connectivity index is 1.71. The number of esters is 1. The van der Waals surface area contributed by atoms with Crippen LogP contribution in [0.1, 0.15) is 52.5 Å². The lowest BCUT2D eigenvalue weighted by molar-refractivity contribution is 0.0600. The van der Waals surface area contributed by atoms with Crippen LogP contribution in [0, 0.1) is 11.5 Å². The third kappa shape index (κ3) is 5.59. The first-order valence-electron chi connectivity index (χ1n) is 14.1. The van der Waals surface area contributed by atoms with Crippen LogP contribution in [-0.4, -0.2) is 41.1 Å². The summed E-state index contributed by atoms with van der Waals surface area (Å²) in [5.74, 6) is 3.13. The van der Waals surface area contributed by atoms with E-state index in [9.17, 15) is 4.79 Å². The molecular formula is C35H34N4O2Si. The topological polar surface area (TPSA) is 83.7 Å². The number of benzene rings is 1. The van der Waals surface area contributed by atoms with Crippen LogP contribution < -0.4 is 0 Å². The van der Waals surface area contributed by atoms with Crippen molar-refractivity contribution in [1.29, 1.82) is 0 Å². The van der Waals surface area contributed by atoms with E-state index in [1.807, 2.05) is 30.4 Å². The van der Waals surface area contributed by atoms with Gasteiger partial charge in [0, 0.05) is 50.9 Å². The molecule has 0 amide bonds. The van der Waals surface area contributed by atoms with Crippen molar-refractivity contribution >= 4 is 48.3 Å². The van der Waals surface area contributed by atoms with Gasteiger partial charge >= 0.3 is 5.97 Å². The Bertz CT molecular complexity index is 1980. The lowest BCUT2D eigenvalue weighted by Crippen LogP contribution is -2.16. The van der Waals surface area contributed by atoms with Crippen LogP contribution in [-0.2, 0) is 16.6 Å². The van der Waals surface area contributed by atoms with Gasteiger partial charge in [-0.1, -0.05) is 51.5 Å². The Morgan fingerprint density at radius 3 is 2.36 bits per heavy atom. The zero-order chi connectivity index (χ0) is 29.6. The van der Waals surface area contributed by atoms with Crippen molar-refractivity contribution in [3.8, 4) is 22.6 Å². The molecule has 0 saturated carbocycles. The summed E-state index contributed by atoms with van der Waals surface area (Å²) in [5.41, 5.74) is 14.3. The number of hydrogen-bond donors (Lipinski definition) is 2. The highest BCUT2D eigenvalue weighted by Crippen LogP contribution is 2.33. The average Bonchev–Trinajstić information content (AvgIpc) is 3.71. The monoisotopic (exact) mass is 570 g/mol. The summed E-state index contributed by atoms with van der Waals surface area (Å²) in [6.45, 7) is 11.2. The Labute approximate surface area is 246 Å². The number of ether oxygens (including phenoxy) is 1. The van der Waals surface area contributed by atoms with Gasteiger partial charge in [0.05, 0.1) is 29.6 Å². The van der Waals surface area contributed by atoms with E-state index >= 15 is 0 Å². The van der Waals surface area contributed by atoms with Crippen molar-refractivity contribution in [2.75, 3.05) is 7.11 Å². The maximum absolute atomic E-state index is 12.1. The minimum atomic E-state index is -1.63. The van der Waals surface area contributed by atoms with E-state index in [4.69, 9.17) is 14.7 Å². The molecule has 0 saturated heterocycles. The second-order valence-electron chi connectivity index (χ2n) is 12.6. The molecule has 0 atom stereocenters. The van der Waals surface area contributed by atoms with Crippen LogP contribution in [0.3, 0.4) is 0 Å². The van der Waals surface area contributed by atoms with Crippen LogP contribution in [0.25, 0.3) is 45.3 Å². The van der Waals surface area contributed by atoms with Crippen molar-refractivity contribution in [2.24, 2.45) is 0 Å². The number of rotatable bonds is 2. The molecule has 4 aromatic rings. The number of carbonyl (C=O) groups is 1. The van der Waals surface area contributed by atoms with Crippen LogP contribution >= 0.6 is 0 Å². The Kier molecular flexibility index (Phi) is 6.75. The lowest BCUT2D eigenvalue weighted by Gasteiger charge is -2.15. The predicted octanol–water partition coefficient (Wildman–Crippen LogP) is 7.69. The molecule has 210 valence electrons. The maximum atomic E-state index is 12.1. The summed E-state index contributed by atoms with van der Waals surface area (Å²) in [4.78, 5) is 29.4. The molecule has 8 bridgehead atoms. The number of methoxy groups -OCH3 is 1. The fraction of sp³-hybridized carbons (Fsp3) is 0.229. The number of nitrogens with zero attached hydrogens (tertiary/aromatic N) is 2. The second-order valence-corrected chi connectivity index (χ2v) is 17.3. The van der Waals surface area contributed by atoms with Gasteiger partial charge in [0.25, 0.3) is 0 Å². The van der Waals surface area contributed by atoms with Gasteiger partial charge in [-0.25, -0.2) is 9.78 Å². The molecule has 3 aromatic heterocycles. The number of hydrogen-bond acceptors (Lipinski definition) is 4. The number of carbonyl (C=O) groups excluding carboxylic acids is 1. The molecular weight excluding hydrogens is 536 g/mol. The predicted molar refractivity (Wildman–Crippen MR) is 174 cm³/mol. The average molecular weight is 571 g/mol. The first kappa shape index (κ1) is 27.5. The standard InChI is InChI=1S/C35H34N4O2Si/c1-35(2)21-28-19-30-24(15-16-42(4,5)6)17-31(39-30)33(22-7-9-23(10-8-22)34(40)41-3)29-14-13-26(37-29)18-25-11-12-27(36-25)20-32(35)38-28/h7-14,17-20,36,39H,21H2,1-6H3. The summed E-state index contributed by atoms with van der Waals surface area (Å²) in [6, 6.07) is 20.0. The van der Waals surface area contributed by atoms with E-state index < -0.39 is 8.07 Å². The summed E-state index contributed by atoms with van der Waals surface area (Å²) in [6.07, 6.45) is 4.88. The van der Waals surface area contributed by atoms with Crippen molar-refractivity contribution in [3.05, 3.63) is 94.6 Å². The van der Waals surface area contributed by atoms with Gasteiger partial charge in [-0.2, -0.15) is 0 Å². The highest BCUT2D eigenvalue weighted by atomic mass is 28.3. The molecule has 6 rings (SSSR count). The zero-order valence-electron chi connectivity index (χ0n) is 24.8. The largest absolute Gasteiger partial charge is 0.465 e. The molecule has 1 aromatic carbocycles. The minimum Gasteiger partial charge on any atom is -0.465 e. The lowest BCUT2D eigenvalue weighted by atomic mass is 9.87. The van der Waals surface area contributed by atoms with Gasteiger partial charge in [-0.15, -0.1) is 5.54 Å². The maximum Gasteiger partial charge on any atom is 0.337 e. The zero-order valence-corrected chi connectivity index (χ0v) is 25.8. The van der Waals surface area contributed by atoms with Gasteiger partial charge < -0.3 is 14.7 Å². The molecule has 0 fully saturated rings. The van der Waals surface area contributed by atoms with E-state index in [2.05, 4.69) is 85.3 Å². The summed E-state index contributed by atoms with van der Waals surface area (Å²) in [5, 5.41) is 0. The Hall–Kier alpha value is -4.67. The highest BCUT2D eigenvalue weighted by molar-refractivity contribution is 6.83. The fourth-order valence-corrected chi connectivity index (χ4v) is 5.79. The number of H-pyrrole nitrogens is 2. The molecule has 0 aliphatic carbocycles. The summed E-state index contributed by atoms with van der Waals surface area (Å²) in [7, 11) is -0.245. The molecule has 42 heavy (non-hydrogen) atoms. The molecule has 2 aliphatic heterocycles. The smallest absolute Gasteiger partial charge is 0.337 e. The third-order valence-electron chi connectivity index (χ3n) is 7.42. The van der Waals surface area contributed by atoms with Crippen molar-refractivity contribution < 1.29 is 9.53 Å². The number of aromatic amines is 2. The first-order chi connectivity index (χ1) is 20.0. The second kappa shape index (κ2) is 10.3. The number of fused-ring (bicyclic) bond motifs is 8. The molecule has 7 heteroatoms. The molecule has 6 nitrogen and oxygen atoms in total. The van der Waals surface area contributed by atoms with E-state index in [1.54, 1.807) is 12.1 Å². The van der Waals surface area contributed by atoms with E-state index in [0.717, 1.165) is 68.0 Å². The summed E-state index contributed by atoms with van der Waals surface area (Å²) < 4.78 is 4.92. The van der Waals surface area contributed by atoms with Crippen molar-refractivity contribution in [1.82, 2.24) is 19.9 Å². The molecule has 2 aliphatic rings. The minimum absolute atomic E-state index is 0.102. The third-order valence-corrected chi connectivity index (χ3v) is 8.30. The molecule has 0 unspecified atom stereocenters.